The van der Waals surface area contributed by atoms with Gasteiger partial charge in [0.1, 0.15) is 23.0 Å². The van der Waals surface area contributed by atoms with Crippen LogP contribution in [0.3, 0.4) is 0 Å². The van der Waals surface area contributed by atoms with Gasteiger partial charge in [-0.2, -0.15) is 0 Å². The van der Waals surface area contributed by atoms with Gasteiger partial charge >= 0.3 is 18.2 Å². The van der Waals surface area contributed by atoms with Gasteiger partial charge < -0.3 is 24.4 Å². The minimum atomic E-state index is -0.832. The highest BCUT2D eigenvalue weighted by atomic mass is 16.6. The van der Waals surface area contributed by atoms with Gasteiger partial charge in [-0.1, -0.05) is 39.3 Å². The molecule has 0 bridgehead atoms. The second-order valence-electron chi connectivity index (χ2n) is 12.3. The van der Waals surface area contributed by atoms with Crippen molar-refractivity contribution in [3.8, 4) is 5.75 Å². The molecule has 0 spiro atoms. The van der Waals surface area contributed by atoms with E-state index in [9.17, 15) is 14.4 Å². The lowest BCUT2D eigenvalue weighted by Crippen LogP contribution is -2.48. The number of nitrogens with one attached hydrogen (secondary N) is 1. The molecule has 8 nitrogen and oxygen atoms in total. The summed E-state index contributed by atoms with van der Waals surface area (Å²) in [6.45, 7) is 17.9. The van der Waals surface area contributed by atoms with E-state index in [1.54, 1.807) is 31.7 Å². The van der Waals surface area contributed by atoms with Crippen LogP contribution in [0.25, 0.3) is 0 Å². The van der Waals surface area contributed by atoms with Crippen LogP contribution in [-0.4, -0.2) is 53.4 Å². The van der Waals surface area contributed by atoms with Crippen molar-refractivity contribution >= 4 is 18.2 Å². The first kappa shape index (κ1) is 30.5. The number of carbonyl (C=O) groups excluding carboxylic acids is 3. The molecule has 1 fully saturated rings. The molecular formula is C29H46N2O6. The SMILES string of the molecule is CCC1(c2cccc(OC(=O)NC(C(=O)OC(C)(C)C)C(C)C)c2)CCCCN(C(=O)OC(C)(C)C)C1. The Morgan fingerprint density at radius 2 is 1.68 bits per heavy atom. The number of ether oxygens (including phenoxy) is 3. The van der Waals surface area contributed by atoms with E-state index >= 15 is 0 Å². The predicted octanol–water partition coefficient (Wildman–Crippen LogP) is 6.21. The largest absolute Gasteiger partial charge is 0.458 e. The number of likely N-dealkylation sites (tertiary alicyclic amines) is 1. The molecule has 1 saturated heterocycles. The van der Waals surface area contributed by atoms with Gasteiger partial charge in [-0.15, -0.1) is 0 Å². The Morgan fingerprint density at radius 3 is 2.24 bits per heavy atom. The van der Waals surface area contributed by atoms with Gasteiger partial charge in [-0.05, 0) is 84.4 Å². The molecule has 1 N–H and O–H groups in total. The molecule has 208 valence electrons. The van der Waals surface area contributed by atoms with E-state index < -0.39 is 29.3 Å². The van der Waals surface area contributed by atoms with Crippen molar-refractivity contribution in [2.24, 2.45) is 5.92 Å². The van der Waals surface area contributed by atoms with Gasteiger partial charge in [0.25, 0.3) is 0 Å². The number of hydrogen-bond acceptors (Lipinski definition) is 6. The molecule has 37 heavy (non-hydrogen) atoms. The van der Waals surface area contributed by atoms with E-state index in [4.69, 9.17) is 14.2 Å². The van der Waals surface area contributed by atoms with Crippen molar-refractivity contribution in [1.82, 2.24) is 10.2 Å². The van der Waals surface area contributed by atoms with Crippen molar-refractivity contribution < 1.29 is 28.6 Å². The monoisotopic (exact) mass is 518 g/mol. The van der Waals surface area contributed by atoms with Crippen molar-refractivity contribution in [2.45, 2.75) is 111 Å². The molecule has 2 rings (SSSR count). The second kappa shape index (κ2) is 12.2. The summed E-state index contributed by atoms with van der Waals surface area (Å²) in [7, 11) is 0. The summed E-state index contributed by atoms with van der Waals surface area (Å²) in [5, 5.41) is 2.66. The number of hydrogen-bond donors (Lipinski definition) is 1. The zero-order valence-electron chi connectivity index (χ0n) is 24.1. The van der Waals surface area contributed by atoms with Gasteiger partial charge in [0, 0.05) is 18.5 Å². The third-order valence-corrected chi connectivity index (χ3v) is 6.41. The van der Waals surface area contributed by atoms with Gasteiger partial charge in [0.15, 0.2) is 0 Å². The van der Waals surface area contributed by atoms with Crippen molar-refractivity contribution in [1.29, 1.82) is 0 Å². The molecule has 8 heteroatoms. The first-order valence-electron chi connectivity index (χ1n) is 13.3. The average molecular weight is 519 g/mol. The molecule has 2 amide bonds. The third-order valence-electron chi connectivity index (χ3n) is 6.41. The maximum absolute atomic E-state index is 12.9. The van der Waals surface area contributed by atoms with Crippen LogP contribution >= 0.6 is 0 Å². The van der Waals surface area contributed by atoms with Crippen LogP contribution in [-0.2, 0) is 19.7 Å². The standard InChI is InChI=1S/C29H46N2O6/c1-10-29(16-11-12-17-31(19-29)26(34)37-28(7,8)9)21-14-13-15-22(18-21)35-25(33)30-23(20(2)3)24(32)36-27(4,5)6/h13-15,18,20,23H,10-12,16-17,19H2,1-9H3,(H,30,33). The zero-order chi connectivity index (χ0) is 28.0. The Balaban J connectivity index is 2.21. The molecule has 1 aromatic rings. The van der Waals surface area contributed by atoms with Crippen LogP contribution < -0.4 is 10.1 Å². The van der Waals surface area contributed by atoms with Crippen molar-refractivity contribution in [2.75, 3.05) is 13.1 Å². The highest BCUT2D eigenvalue weighted by Gasteiger charge is 2.37. The number of rotatable bonds is 6. The average Bonchev–Trinajstić information content (AvgIpc) is 2.99. The summed E-state index contributed by atoms with van der Waals surface area (Å²) in [5.74, 6) is -0.302. The van der Waals surface area contributed by atoms with Crippen LogP contribution in [0.1, 0.15) is 93.6 Å². The zero-order valence-corrected chi connectivity index (χ0v) is 24.1. The summed E-state index contributed by atoms with van der Waals surface area (Å²) < 4.78 is 16.7. The smallest absolute Gasteiger partial charge is 0.413 e. The molecule has 1 aliphatic rings. The molecule has 1 aromatic carbocycles. The normalized spacial score (nSPS) is 19.6. The fraction of sp³-hybridized carbons (Fsp3) is 0.690. The molecule has 2 unspecified atom stereocenters. The van der Waals surface area contributed by atoms with Gasteiger partial charge in [-0.25, -0.2) is 14.4 Å². The second-order valence-corrected chi connectivity index (χ2v) is 12.3. The molecule has 0 radical (unpaired) electrons. The third kappa shape index (κ3) is 9.24. The summed E-state index contributed by atoms with van der Waals surface area (Å²) in [6.07, 6.45) is 2.58. The van der Waals surface area contributed by atoms with Gasteiger partial charge in [-0.3, -0.25) is 0 Å². The Morgan fingerprint density at radius 1 is 1.03 bits per heavy atom. The lowest BCUT2D eigenvalue weighted by molar-refractivity contribution is -0.158. The first-order chi connectivity index (χ1) is 17.0. The number of carbonyl (C=O) groups is 3. The molecule has 1 aliphatic heterocycles. The van der Waals surface area contributed by atoms with E-state index in [0.29, 0.717) is 18.8 Å². The molecule has 0 aliphatic carbocycles. The molecule has 2 atom stereocenters. The number of esters is 1. The molecule has 0 saturated carbocycles. The number of benzene rings is 1. The number of nitrogens with zero attached hydrogens (tertiary/aromatic N) is 1. The highest BCUT2D eigenvalue weighted by Crippen LogP contribution is 2.38. The van der Waals surface area contributed by atoms with Crippen LogP contribution in [0.5, 0.6) is 5.75 Å². The first-order valence-corrected chi connectivity index (χ1v) is 13.3. The molecule has 0 aromatic heterocycles. The van der Waals surface area contributed by atoms with E-state index in [1.165, 1.54) is 0 Å². The van der Waals surface area contributed by atoms with Crippen LogP contribution in [0.4, 0.5) is 9.59 Å². The Bertz CT molecular complexity index is 946. The van der Waals surface area contributed by atoms with E-state index in [0.717, 1.165) is 31.2 Å². The Hall–Kier alpha value is -2.77. The summed E-state index contributed by atoms with van der Waals surface area (Å²) in [5.41, 5.74) is -0.514. The lowest BCUT2D eigenvalue weighted by atomic mass is 9.74. The fourth-order valence-electron chi connectivity index (χ4n) is 4.52. The van der Waals surface area contributed by atoms with Crippen molar-refractivity contribution in [3.63, 3.8) is 0 Å². The molecular weight excluding hydrogens is 472 g/mol. The minimum absolute atomic E-state index is 0.179. The maximum Gasteiger partial charge on any atom is 0.413 e. The summed E-state index contributed by atoms with van der Waals surface area (Å²) >= 11 is 0. The van der Waals surface area contributed by atoms with E-state index in [2.05, 4.69) is 12.2 Å². The van der Waals surface area contributed by atoms with E-state index in [1.807, 2.05) is 52.8 Å². The van der Waals surface area contributed by atoms with Crippen molar-refractivity contribution in [3.05, 3.63) is 29.8 Å². The van der Waals surface area contributed by atoms with Gasteiger partial charge in [0.05, 0.1) is 0 Å². The van der Waals surface area contributed by atoms with Crippen LogP contribution in [0.2, 0.25) is 0 Å². The minimum Gasteiger partial charge on any atom is -0.458 e. The lowest BCUT2D eigenvalue weighted by Gasteiger charge is -2.37. The Labute approximate surface area is 222 Å². The highest BCUT2D eigenvalue weighted by molar-refractivity contribution is 5.82. The van der Waals surface area contributed by atoms with Crippen LogP contribution in [0.15, 0.2) is 24.3 Å². The van der Waals surface area contributed by atoms with Crippen LogP contribution in [0, 0.1) is 5.92 Å². The quantitative estimate of drug-likeness (QED) is 0.450. The molecule has 1 heterocycles. The fourth-order valence-corrected chi connectivity index (χ4v) is 4.52. The Kier molecular flexibility index (Phi) is 10.0. The topological polar surface area (TPSA) is 94.2 Å². The summed E-state index contributed by atoms with van der Waals surface area (Å²) in [4.78, 5) is 40.1. The maximum atomic E-state index is 12.9. The van der Waals surface area contributed by atoms with Gasteiger partial charge in [0.2, 0.25) is 0 Å². The predicted molar refractivity (Wildman–Crippen MR) is 144 cm³/mol. The summed E-state index contributed by atoms with van der Waals surface area (Å²) in [6, 6.07) is 6.61. The number of amides is 2. The van der Waals surface area contributed by atoms with E-state index in [-0.39, 0.29) is 17.4 Å².